The van der Waals surface area contributed by atoms with Gasteiger partial charge in [0.15, 0.2) is 0 Å². The standard InChI is InChI=1S/C29H31ClN4O3S.H3N/c1-32(2)18-23-19-33(16-17-37-23)22-14-12-21(13-15-22)26(20-8-4-3-5-9-20)34-29(36)27(28(35)31-34)38-25-11-7-6-10-24(25)30;/h3-15,23,26,36H,16-19H2,1-2H3,(H,31,35);1H3. The summed E-state index contributed by atoms with van der Waals surface area (Å²) in [5.41, 5.74) is 2.63. The monoisotopic (exact) mass is 567 g/mol. The van der Waals surface area contributed by atoms with Gasteiger partial charge in [-0.25, -0.2) is 4.68 Å². The molecule has 1 aliphatic rings. The Balaban J connectivity index is 0.00000353. The molecule has 1 fully saturated rings. The number of hydrogen-bond donors (Lipinski definition) is 3. The first-order valence-corrected chi connectivity index (χ1v) is 13.7. The van der Waals surface area contributed by atoms with Crippen LogP contribution >= 0.6 is 23.4 Å². The number of benzene rings is 3. The van der Waals surface area contributed by atoms with E-state index in [-0.39, 0.29) is 28.6 Å². The molecule has 1 aliphatic heterocycles. The lowest BCUT2D eigenvalue weighted by Crippen LogP contribution is -2.46. The summed E-state index contributed by atoms with van der Waals surface area (Å²) in [6.45, 7) is 3.23. The molecule has 0 saturated carbocycles. The third-order valence-corrected chi connectivity index (χ3v) is 8.15. The maximum absolute atomic E-state index is 13.0. The van der Waals surface area contributed by atoms with Crippen molar-refractivity contribution in [1.82, 2.24) is 20.8 Å². The van der Waals surface area contributed by atoms with Crippen molar-refractivity contribution >= 4 is 29.1 Å². The zero-order valence-corrected chi connectivity index (χ0v) is 23.7. The summed E-state index contributed by atoms with van der Waals surface area (Å²) in [7, 11) is 4.11. The van der Waals surface area contributed by atoms with Gasteiger partial charge < -0.3 is 25.8 Å². The lowest BCUT2D eigenvalue weighted by molar-refractivity contribution is 0.0248. The second-order valence-corrected chi connectivity index (χ2v) is 11.1. The number of anilines is 1. The fraction of sp³-hybridized carbons (Fsp3) is 0.276. The lowest BCUT2D eigenvalue weighted by atomic mass is 9.98. The molecule has 1 aromatic heterocycles. The lowest BCUT2D eigenvalue weighted by Gasteiger charge is -2.35. The fourth-order valence-electron chi connectivity index (χ4n) is 4.81. The Morgan fingerprint density at radius 2 is 1.72 bits per heavy atom. The molecule has 0 aliphatic carbocycles. The van der Waals surface area contributed by atoms with Crippen molar-refractivity contribution in [3.63, 3.8) is 0 Å². The Morgan fingerprint density at radius 1 is 1.05 bits per heavy atom. The molecule has 4 aromatic rings. The number of H-pyrrole nitrogens is 1. The first-order valence-electron chi connectivity index (χ1n) is 12.5. The molecular formula is C29H34ClN5O3S. The minimum atomic E-state index is -0.426. The molecular weight excluding hydrogens is 534 g/mol. The van der Waals surface area contributed by atoms with E-state index in [0.29, 0.717) is 16.5 Å². The highest BCUT2D eigenvalue weighted by atomic mass is 35.5. The van der Waals surface area contributed by atoms with Gasteiger partial charge in [0, 0.05) is 30.2 Å². The number of ether oxygens (including phenoxy) is 1. The number of morpholine rings is 1. The number of aromatic hydroxyl groups is 1. The van der Waals surface area contributed by atoms with Crippen molar-refractivity contribution in [3.8, 4) is 5.88 Å². The highest BCUT2D eigenvalue weighted by Gasteiger charge is 2.26. The van der Waals surface area contributed by atoms with Gasteiger partial charge in [0.05, 0.1) is 17.7 Å². The smallest absolute Gasteiger partial charge is 0.282 e. The molecule has 3 aromatic carbocycles. The molecule has 0 spiro atoms. The van der Waals surface area contributed by atoms with Gasteiger partial charge in [0.1, 0.15) is 10.9 Å². The minimum absolute atomic E-state index is 0. The van der Waals surface area contributed by atoms with Crippen molar-refractivity contribution in [3.05, 3.63) is 105 Å². The highest BCUT2D eigenvalue weighted by molar-refractivity contribution is 7.99. The number of nitrogens with zero attached hydrogens (tertiary/aromatic N) is 3. The van der Waals surface area contributed by atoms with Crippen molar-refractivity contribution in [2.45, 2.75) is 21.9 Å². The highest BCUT2D eigenvalue weighted by Crippen LogP contribution is 2.39. The molecule has 0 amide bonds. The third kappa shape index (κ3) is 6.51. The molecule has 0 radical (unpaired) electrons. The number of halogens is 1. The molecule has 5 rings (SSSR count). The van der Waals surface area contributed by atoms with Gasteiger partial charge in [0.25, 0.3) is 5.56 Å². The maximum Gasteiger partial charge on any atom is 0.282 e. The molecule has 0 bridgehead atoms. The van der Waals surface area contributed by atoms with Crippen molar-refractivity contribution < 1.29 is 9.84 Å². The summed E-state index contributed by atoms with van der Waals surface area (Å²) in [5, 5.41) is 14.6. The van der Waals surface area contributed by atoms with E-state index >= 15 is 0 Å². The predicted octanol–water partition coefficient (Wildman–Crippen LogP) is 5.25. The van der Waals surface area contributed by atoms with Crippen LogP contribution in [0, 0.1) is 0 Å². The van der Waals surface area contributed by atoms with E-state index in [2.05, 4.69) is 53.3 Å². The van der Waals surface area contributed by atoms with Crippen LogP contribution in [0.4, 0.5) is 5.69 Å². The average molecular weight is 568 g/mol. The van der Waals surface area contributed by atoms with Crippen LogP contribution in [0.5, 0.6) is 5.88 Å². The summed E-state index contributed by atoms with van der Waals surface area (Å²) in [5.74, 6) is -0.127. The summed E-state index contributed by atoms with van der Waals surface area (Å²) in [6, 6.07) is 25.0. The second kappa shape index (κ2) is 12.8. The van der Waals surface area contributed by atoms with Crippen LogP contribution in [0.3, 0.4) is 0 Å². The average Bonchev–Trinajstić information content (AvgIpc) is 3.19. The summed E-state index contributed by atoms with van der Waals surface area (Å²) in [6.07, 6.45) is 0.159. The minimum Gasteiger partial charge on any atom is -0.493 e. The van der Waals surface area contributed by atoms with Crippen molar-refractivity contribution in [2.24, 2.45) is 0 Å². The van der Waals surface area contributed by atoms with Gasteiger partial charge in [-0.3, -0.25) is 9.89 Å². The SMILES string of the molecule is CN(C)CC1CN(c2ccc(C(c3ccccc3)n3[nH]c(=O)c(Sc4ccccc4Cl)c3O)cc2)CCO1.N. The number of aromatic nitrogens is 2. The molecule has 39 heavy (non-hydrogen) atoms. The Hall–Kier alpha value is -3.21. The molecule has 206 valence electrons. The van der Waals surface area contributed by atoms with Gasteiger partial charge in [-0.1, -0.05) is 78.0 Å². The van der Waals surface area contributed by atoms with Crippen LogP contribution in [0.2, 0.25) is 5.02 Å². The van der Waals surface area contributed by atoms with E-state index < -0.39 is 6.04 Å². The molecule has 1 saturated heterocycles. The quantitative estimate of drug-likeness (QED) is 0.267. The van der Waals surface area contributed by atoms with Crippen molar-refractivity contribution in [1.29, 1.82) is 0 Å². The van der Waals surface area contributed by atoms with E-state index in [4.69, 9.17) is 16.3 Å². The van der Waals surface area contributed by atoms with E-state index in [0.717, 1.165) is 48.2 Å². The number of rotatable bonds is 8. The Labute approximate surface area is 237 Å². The molecule has 8 nitrogen and oxygen atoms in total. The molecule has 2 atom stereocenters. The first kappa shape index (κ1) is 28.8. The largest absolute Gasteiger partial charge is 0.493 e. The topological polar surface area (TPSA) is 109 Å². The Kier molecular flexibility index (Phi) is 9.42. The zero-order valence-electron chi connectivity index (χ0n) is 22.1. The van der Waals surface area contributed by atoms with Gasteiger partial charge in [-0.05, 0) is 49.5 Å². The zero-order chi connectivity index (χ0) is 26.6. The maximum atomic E-state index is 13.0. The Morgan fingerprint density at radius 3 is 2.41 bits per heavy atom. The second-order valence-electron chi connectivity index (χ2n) is 9.60. The van der Waals surface area contributed by atoms with Crippen molar-refractivity contribution in [2.75, 3.05) is 45.2 Å². The van der Waals surface area contributed by atoms with Crippen LogP contribution < -0.4 is 16.6 Å². The Bertz CT molecular complexity index is 1430. The number of nitrogens with one attached hydrogen (secondary N) is 1. The van der Waals surface area contributed by atoms with Gasteiger partial charge >= 0.3 is 0 Å². The van der Waals surface area contributed by atoms with E-state index in [9.17, 15) is 9.90 Å². The van der Waals surface area contributed by atoms with Crippen LogP contribution in [0.25, 0.3) is 0 Å². The molecule has 10 heteroatoms. The fourth-order valence-corrected chi connectivity index (χ4v) is 5.92. The third-order valence-electron chi connectivity index (χ3n) is 6.56. The molecule has 2 heterocycles. The molecule has 5 N–H and O–H groups in total. The summed E-state index contributed by atoms with van der Waals surface area (Å²) < 4.78 is 7.47. The molecule has 2 unspecified atom stereocenters. The number of likely N-dealkylation sites (N-methyl/N-ethyl adjacent to an activating group) is 1. The summed E-state index contributed by atoms with van der Waals surface area (Å²) >= 11 is 7.47. The van der Waals surface area contributed by atoms with Gasteiger partial charge in [-0.2, -0.15) is 0 Å². The van der Waals surface area contributed by atoms with E-state index in [1.165, 1.54) is 4.68 Å². The van der Waals surface area contributed by atoms with Gasteiger partial charge in [-0.15, -0.1) is 0 Å². The normalized spacial score (nSPS) is 16.2. The van der Waals surface area contributed by atoms with Gasteiger partial charge in [0.2, 0.25) is 5.88 Å². The number of hydrogen-bond acceptors (Lipinski definition) is 7. The first-order chi connectivity index (χ1) is 18.4. The van der Waals surface area contributed by atoms with E-state index in [1.807, 2.05) is 48.5 Å². The summed E-state index contributed by atoms with van der Waals surface area (Å²) in [4.78, 5) is 18.4. The number of aromatic amines is 1. The predicted molar refractivity (Wildman–Crippen MR) is 158 cm³/mol. The van der Waals surface area contributed by atoms with E-state index in [1.54, 1.807) is 6.07 Å². The van der Waals surface area contributed by atoms with Crippen LogP contribution in [0.1, 0.15) is 17.2 Å². The van der Waals surface area contributed by atoms with Crippen LogP contribution in [-0.4, -0.2) is 66.2 Å². The van der Waals surface area contributed by atoms with Crippen LogP contribution in [0.15, 0.2) is 93.4 Å². The van der Waals surface area contributed by atoms with Crippen LogP contribution in [-0.2, 0) is 4.74 Å².